The number of halogens is 1. The van der Waals surface area contributed by atoms with Crippen molar-refractivity contribution in [1.82, 2.24) is 0 Å². The van der Waals surface area contributed by atoms with E-state index in [0.29, 0.717) is 0 Å². The molecule has 0 aromatic heterocycles. The summed E-state index contributed by atoms with van der Waals surface area (Å²) in [6, 6.07) is 3.91. The van der Waals surface area contributed by atoms with Gasteiger partial charge in [0, 0.05) is 16.1 Å². The van der Waals surface area contributed by atoms with Crippen LogP contribution in [0.15, 0.2) is 16.6 Å². The van der Waals surface area contributed by atoms with Crippen LogP contribution in [0.5, 0.6) is 11.5 Å². The number of methoxy groups -OCH3 is 2. The Morgan fingerprint density at radius 1 is 1.06 bits per heavy atom. The third-order valence-corrected chi connectivity index (χ3v) is 3.67. The highest BCUT2D eigenvalue weighted by Gasteiger charge is 2.10. The van der Waals surface area contributed by atoms with Crippen molar-refractivity contribution in [3.8, 4) is 11.5 Å². The lowest BCUT2D eigenvalue weighted by Crippen LogP contribution is -1.99. The number of nitrogens with two attached hydrogens (primary N) is 1. The number of rotatable bonds is 8. The highest BCUT2D eigenvalue weighted by Crippen LogP contribution is 2.33. The van der Waals surface area contributed by atoms with Gasteiger partial charge in [0.25, 0.3) is 0 Å². The molecular formula is C14H22BrNO2. The van der Waals surface area contributed by atoms with E-state index in [1.807, 2.05) is 12.1 Å². The van der Waals surface area contributed by atoms with Gasteiger partial charge in [-0.25, -0.2) is 0 Å². The topological polar surface area (TPSA) is 44.5 Å². The van der Waals surface area contributed by atoms with Gasteiger partial charge in [-0.1, -0.05) is 28.8 Å². The van der Waals surface area contributed by atoms with E-state index in [0.717, 1.165) is 41.8 Å². The Labute approximate surface area is 118 Å². The molecule has 0 heterocycles. The van der Waals surface area contributed by atoms with E-state index < -0.39 is 0 Å². The summed E-state index contributed by atoms with van der Waals surface area (Å²) in [4.78, 5) is 0. The predicted molar refractivity (Wildman–Crippen MR) is 78.5 cm³/mol. The first-order chi connectivity index (χ1) is 8.72. The lowest BCUT2D eigenvalue weighted by molar-refractivity contribution is 0.390. The Hall–Kier alpha value is -0.740. The smallest absolute Gasteiger partial charge is 0.126 e. The van der Waals surface area contributed by atoms with Gasteiger partial charge in [0.15, 0.2) is 0 Å². The number of ether oxygens (including phenoxy) is 2. The van der Waals surface area contributed by atoms with Gasteiger partial charge in [0.05, 0.1) is 14.2 Å². The maximum Gasteiger partial charge on any atom is 0.126 e. The summed E-state index contributed by atoms with van der Waals surface area (Å²) in [6.07, 6.45) is 5.69. The Morgan fingerprint density at radius 2 is 1.78 bits per heavy atom. The third-order valence-electron chi connectivity index (χ3n) is 2.96. The normalized spacial score (nSPS) is 10.4. The van der Waals surface area contributed by atoms with Gasteiger partial charge in [0.2, 0.25) is 0 Å². The Balaban J connectivity index is 2.63. The fourth-order valence-electron chi connectivity index (χ4n) is 1.93. The largest absolute Gasteiger partial charge is 0.497 e. The van der Waals surface area contributed by atoms with Crippen LogP contribution in [0.1, 0.15) is 31.2 Å². The number of hydrogen-bond donors (Lipinski definition) is 1. The van der Waals surface area contributed by atoms with Crippen molar-refractivity contribution in [3.63, 3.8) is 0 Å². The van der Waals surface area contributed by atoms with Crippen molar-refractivity contribution in [1.29, 1.82) is 0 Å². The van der Waals surface area contributed by atoms with Crippen LogP contribution in [0.2, 0.25) is 0 Å². The van der Waals surface area contributed by atoms with Crippen molar-refractivity contribution in [3.05, 3.63) is 22.2 Å². The van der Waals surface area contributed by atoms with Gasteiger partial charge < -0.3 is 15.2 Å². The molecule has 1 rings (SSSR count). The molecule has 102 valence electrons. The standard InChI is InChI=1S/C14H22BrNO2/c1-17-11-9-13(15)12(14(10-11)18-2)7-5-3-4-6-8-16/h9-10H,3-8,16H2,1-2H3. The average molecular weight is 316 g/mol. The Kier molecular flexibility index (Phi) is 7.13. The van der Waals surface area contributed by atoms with E-state index in [1.54, 1.807) is 14.2 Å². The van der Waals surface area contributed by atoms with Crippen LogP contribution < -0.4 is 15.2 Å². The van der Waals surface area contributed by atoms with Gasteiger partial charge in [-0.2, -0.15) is 0 Å². The maximum absolute atomic E-state index is 5.48. The molecule has 0 aliphatic heterocycles. The molecule has 3 nitrogen and oxygen atoms in total. The number of benzene rings is 1. The van der Waals surface area contributed by atoms with Gasteiger partial charge in [-0.3, -0.25) is 0 Å². The van der Waals surface area contributed by atoms with E-state index in [-0.39, 0.29) is 0 Å². The second-order valence-corrected chi connectivity index (χ2v) is 5.10. The van der Waals surface area contributed by atoms with E-state index in [2.05, 4.69) is 15.9 Å². The molecule has 4 heteroatoms. The molecular weight excluding hydrogens is 294 g/mol. The molecule has 0 radical (unpaired) electrons. The highest BCUT2D eigenvalue weighted by molar-refractivity contribution is 9.10. The first-order valence-electron chi connectivity index (χ1n) is 6.33. The SMILES string of the molecule is COc1cc(Br)c(CCCCCCN)c(OC)c1. The van der Waals surface area contributed by atoms with E-state index in [1.165, 1.54) is 18.4 Å². The summed E-state index contributed by atoms with van der Waals surface area (Å²) >= 11 is 3.58. The monoisotopic (exact) mass is 315 g/mol. The molecule has 0 saturated heterocycles. The fourth-order valence-corrected chi connectivity index (χ4v) is 2.55. The molecule has 0 unspecified atom stereocenters. The molecule has 1 aromatic rings. The molecule has 0 amide bonds. The molecule has 0 atom stereocenters. The Bertz CT molecular complexity index is 369. The number of hydrogen-bond acceptors (Lipinski definition) is 3. The third kappa shape index (κ3) is 4.50. The summed E-state index contributed by atoms with van der Waals surface area (Å²) in [6.45, 7) is 0.787. The van der Waals surface area contributed by atoms with Crippen molar-refractivity contribution >= 4 is 15.9 Å². The van der Waals surface area contributed by atoms with Gasteiger partial charge in [-0.05, 0) is 31.9 Å². The van der Waals surface area contributed by atoms with Gasteiger partial charge in [-0.15, -0.1) is 0 Å². The van der Waals surface area contributed by atoms with Crippen LogP contribution in [-0.4, -0.2) is 20.8 Å². The molecule has 0 fully saturated rings. The lowest BCUT2D eigenvalue weighted by atomic mass is 10.0. The zero-order chi connectivity index (χ0) is 13.4. The van der Waals surface area contributed by atoms with E-state index >= 15 is 0 Å². The van der Waals surface area contributed by atoms with Crippen molar-refractivity contribution in [2.75, 3.05) is 20.8 Å². The lowest BCUT2D eigenvalue weighted by Gasteiger charge is -2.12. The van der Waals surface area contributed by atoms with Crippen LogP contribution >= 0.6 is 15.9 Å². The molecule has 2 N–H and O–H groups in total. The van der Waals surface area contributed by atoms with Crippen molar-refractivity contribution in [2.45, 2.75) is 32.1 Å². The minimum atomic E-state index is 0.787. The molecule has 0 spiro atoms. The fraction of sp³-hybridized carbons (Fsp3) is 0.571. The molecule has 0 aliphatic rings. The first kappa shape index (κ1) is 15.3. The summed E-state index contributed by atoms with van der Waals surface area (Å²) < 4.78 is 11.7. The minimum absolute atomic E-state index is 0.787. The van der Waals surface area contributed by atoms with Crippen LogP contribution in [0.3, 0.4) is 0 Å². The second kappa shape index (κ2) is 8.38. The predicted octanol–water partition coefficient (Wildman–Crippen LogP) is 3.53. The molecule has 0 aliphatic carbocycles. The van der Waals surface area contributed by atoms with Crippen LogP contribution in [0.4, 0.5) is 0 Å². The van der Waals surface area contributed by atoms with E-state index in [9.17, 15) is 0 Å². The van der Waals surface area contributed by atoms with Gasteiger partial charge >= 0.3 is 0 Å². The minimum Gasteiger partial charge on any atom is -0.497 e. The quantitative estimate of drug-likeness (QED) is 0.746. The molecule has 18 heavy (non-hydrogen) atoms. The zero-order valence-corrected chi connectivity index (χ0v) is 12.8. The second-order valence-electron chi connectivity index (χ2n) is 4.24. The summed E-state index contributed by atoms with van der Waals surface area (Å²) in [5.74, 6) is 1.70. The first-order valence-corrected chi connectivity index (χ1v) is 7.12. The average Bonchev–Trinajstić information content (AvgIpc) is 2.39. The van der Waals surface area contributed by atoms with Crippen molar-refractivity contribution < 1.29 is 9.47 Å². The summed E-state index contributed by atoms with van der Waals surface area (Å²) in [5.41, 5.74) is 6.70. The van der Waals surface area contributed by atoms with Crippen molar-refractivity contribution in [2.24, 2.45) is 5.73 Å². The summed E-state index contributed by atoms with van der Waals surface area (Å²) in [5, 5.41) is 0. The summed E-state index contributed by atoms with van der Waals surface area (Å²) in [7, 11) is 3.35. The number of unbranched alkanes of at least 4 members (excludes halogenated alkanes) is 3. The van der Waals surface area contributed by atoms with Crippen LogP contribution in [-0.2, 0) is 6.42 Å². The highest BCUT2D eigenvalue weighted by atomic mass is 79.9. The van der Waals surface area contributed by atoms with Crippen LogP contribution in [0.25, 0.3) is 0 Å². The Morgan fingerprint density at radius 3 is 2.39 bits per heavy atom. The molecule has 0 bridgehead atoms. The van der Waals surface area contributed by atoms with Crippen LogP contribution in [0, 0.1) is 0 Å². The molecule has 1 aromatic carbocycles. The van der Waals surface area contributed by atoms with E-state index in [4.69, 9.17) is 15.2 Å². The van der Waals surface area contributed by atoms with Gasteiger partial charge in [0.1, 0.15) is 11.5 Å². The maximum atomic E-state index is 5.48. The zero-order valence-electron chi connectivity index (χ0n) is 11.2. The molecule has 0 saturated carbocycles.